The SMILES string of the molecule is C[C@H](Sc1nnc(Nc2ccc(Oc3ccccc3)cc2)s1)C(N)=O. The Morgan fingerprint density at radius 3 is 2.48 bits per heavy atom. The molecule has 2 aromatic carbocycles. The summed E-state index contributed by atoms with van der Waals surface area (Å²) in [6.45, 7) is 1.74. The highest BCUT2D eigenvalue weighted by Crippen LogP contribution is 2.31. The van der Waals surface area contributed by atoms with Crippen molar-refractivity contribution in [2.24, 2.45) is 5.73 Å². The van der Waals surface area contributed by atoms with Gasteiger partial charge in [-0.3, -0.25) is 4.79 Å². The van der Waals surface area contributed by atoms with Crippen LogP contribution in [-0.4, -0.2) is 21.4 Å². The molecule has 1 atom stereocenters. The minimum atomic E-state index is -0.372. The van der Waals surface area contributed by atoms with Gasteiger partial charge in [0.2, 0.25) is 11.0 Å². The standard InChI is InChI=1S/C17H16N4O2S2/c1-11(15(18)22)24-17-21-20-16(25-17)19-12-7-9-14(10-8-12)23-13-5-3-2-4-6-13/h2-11H,1H3,(H2,18,22)(H,19,20)/t11-/m0/s1. The quantitative estimate of drug-likeness (QED) is 0.608. The molecule has 8 heteroatoms. The molecule has 0 aliphatic carbocycles. The van der Waals surface area contributed by atoms with Gasteiger partial charge in [-0.25, -0.2) is 0 Å². The fraction of sp³-hybridized carbons (Fsp3) is 0.118. The molecule has 0 spiro atoms. The molecule has 128 valence electrons. The molecule has 0 aliphatic heterocycles. The number of amides is 1. The lowest BCUT2D eigenvalue weighted by Gasteiger charge is -2.07. The number of hydrogen-bond donors (Lipinski definition) is 2. The number of rotatable bonds is 7. The van der Waals surface area contributed by atoms with Crippen LogP contribution in [0.25, 0.3) is 0 Å². The molecule has 1 amide bonds. The first-order valence-electron chi connectivity index (χ1n) is 7.49. The number of anilines is 2. The van der Waals surface area contributed by atoms with Crippen LogP contribution in [0.15, 0.2) is 58.9 Å². The number of thioether (sulfide) groups is 1. The summed E-state index contributed by atoms with van der Waals surface area (Å²) >= 11 is 2.67. The average Bonchev–Trinajstić information content (AvgIpc) is 3.04. The molecular formula is C17H16N4O2S2. The summed E-state index contributed by atoms with van der Waals surface area (Å²) in [6.07, 6.45) is 0. The molecule has 0 unspecified atom stereocenters. The van der Waals surface area contributed by atoms with Crippen LogP contribution in [0.4, 0.5) is 10.8 Å². The van der Waals surface area contributed by atoms with Crippen molar-refractivity contribution < 1.29 is 9.53 Å². The van der Waals surface area contributed by atoms with Crippen LogP contribution in [0.1, 0.15) is 6.92 Å². The number of hydrogen-bond acceptors (Lipinski definition) is 7. The lowest BCUT2D eigenvalue weighted by molar-refractivity contribution is -0.117. The third kappa shape index (κ3) is 4.94. The van der Waals surface area contributed by atoms with Crippen molar-refractivity contribution in [3.8, 4) is 11.5 Å². The van der Waals surface area contributed by atoms with Gasteiger partial charge in [0.25, 0.3) is 0 Å². The molecule has 0 saturated heterocycles. The Morgan fingerprint density at radius 2 is 1.80 bits per heavy atom. The number of nitrogens with zero attached hydrogens (tertiary/aromatic N) is 2. The van der Waals surface area contributed by atoms with E-state index < -0.39 is 0 Å². The van der Waals surface area contributed by atoms with Crippen molar-refractivity contribution in [3.63, 3.8) is 0 Å². The van der Waals surface area contributed by atoms with Gasteiger partial charge < -0.3 is 15.8 Å². The van der Waals surface area contributed by atoms with Gasteiger partial charge in [0.1, 0.15) is 11.5 Å². The van der Waals surface area contributed by atoms with Crippen molar-refractivity contribution >= 4 is 39.8 Å². The maximum Gasteiger partial charge on any atom is 0.230 e. The largest absolute Gasteiger partial charge is 0.457 e. The Kier molecular flexibility index (Phi) is 5.52. The number of nitrogens with two attached hydrogens (primary N) is 1. The number of primary amides is 1. The van der Waals surface area contributed by atoms with Crippen molar-refractivity contribution in [1.82, 2.24) is 10.2 Å². The van der Waals surface area contributed by atoms with Crippen molar-refractivity contribution in [2.45, 2.75) is 16.5 Å². The average molecular weight is 372 g/mol. The topological polar surface area (TPSA) is 90.1 Å². The van der Waals surface area contributed by atoms with E-state index in [9.17, 15) is 4.79 Å². The summed E-state index contributed by atoms with van der Waals surface area (Å²) in [5.41, 5.74) is 6.12. The smallest absolute Gasteiger partial charge is 0.230 e. The molecule has 1 heterocycles. The monoisotopic (exact) mass is 372 g/mol. The van der Waals surface area contributed by atoms with Crippen LogP contribution in [-0.2, 0) is 4.79 Å². The van der Waals surface area contributed by atoms with E-state index in [0.717, 1.165) is 17.2 Å². The molecule has 1 aromatic heterocycles. The van der Waals surface area contributed by atoms with Crippen molar-refractivity contribution in [3.05, 3.63) is 54.6 Å². The van der Waals surface area contributed by atoms with E-state index in [1.807, 2.05) is 54.6 Å². The van der Waals surface area contributed by atoms with Crippen LogP contribution in [0.2, 0.25) is 0 Å². The van der Waals surface area contributed by atoms with Gasteiger partial charge in [0.15, 0.2) is 4.34 Å². The number of nitrogens with one attached hydrogen (secondary N) is 1. The molecule has 3 rings (SSSR count). The Balaban J connectivity index is 1.60. The number of benzene rings is 2. The van der Waals surface area contributed by atoms with Crippen molar-refractivity contribution in [2.75, 3.05) is 5.32 Å². The predicted molar refractivity (Wildman–Crippen MR) is 101 cm³/mol. The zero-order valence-corrected chi connectivity index (χ0v) is 15.0. The summed E-state index contributed by atoms with van der Waals surface area (Å²) in [4.78, 5) is 11.1. The zero-order chi connectivity index (χ0) is 17.6. The van der Waals surface area contributed by atoms with Crippen molar-refractivity contribution in [1.29, 1.82) is 0 Å². The van der Waals surface area contributed by atoms with Crippen LogP contribution in [0, 0.1) is 0 Å². The van der Waals surface area contributed by atoms with E-state index in [0.29, 0.717) is 9.47 Å². The molecule has 0 aliphatic rings. The number of ether oxygens (including phenoxy) is 1. The number of carbonyl (C=O) groups excluding carboxylic acids is 1. The van der Waals surface area contributed by atoms with Crippen LogP contribution >= 0.6 is 23.1 Å². The van der Waals surface area contributed by atoms with Gasteiger partial charge in [-0.1, -0.05) is 41.3 Å². The Bertz CT molecular complexity index is 837. The summed E-state index contributed by atoms with van der Waals surface area (Å²) in [5, 5.41) is 11.6. The lowest BCUT2D eigenvalue weighted by Crippen LogP contribution is -2.22. The molecule has 0 radical (unpaired) electrons. The molecule has 3 aromatic rings. The highest BCUT2D eigenvalue weighted by Gasteiger charge is 2.14. The molecule has 25 heavy (non-hydrogen) atoms. The van der Waals surface area contributed by atoms with Crippen LogP contribution in [0.3, 0.4) is 0 Å². The highest BCUT2D eigenvalue weighted by atomic mass is 32.2. The summed E-state index contributed by atoms with van der Waals surface area (Å²) in [7, 11) is 0. The molecule has 0 fully saturated rings. The third-order valence-corrected chi connectivity index (χ3v) is 5.21. The summed E-state index contributed by atoms with van der Waals surface area (Å²) < 4.78 is 6.45. The maximum absolute atomic E-state index is 11.1. The van der Waals surface area contributed by atoms with E-state index in [1.54, 1.807) is 6.92 Å². The maximum atomic E-state index is 11.1. The first-order chi connectivity index (χ1) is 12.1. The minimum absolute atomic E-state index is 0.338. The Labute approximate surface area is 153 Å². The van der Waals surface area contributed by atoms with Gasteiger partial charge in [0.05, 0.1) is 5.25 Å². The van der Waals surface area contributed by atoms with E-state index in [2.05, 4.69) is 15.5 Å². The molecule has 0 saturated carbocycles. The van der Waals surface area contributed by atoms with Crippen LogP contribution < -0.4 is 15.8 Å². The first-order valence-corrected chi connectivity index (χ1v) is 9.19. The first kappa shape index (κ1) is 17.2. The number of carbonyl (C=O) groups is 1. The van der Waals surface area contributed by atoms with Gasteiger partial charge in [-0.15, -0.1) is 10.2 Å². The van der Waals surface area contributed by atoms with E-state index in [4.69, 9.17) is 10.5 Å². The third-order valence-electron chi connectivity index (χ3n) is 3.17. The second-order valence-corrected chi connectivity index (χ2v) is 7.67. The zero-order valence-electron chi connectivity index (χ0n) is 13.4. The number of aromatic nitrogens is 2. The molecule has 3 N–H and O–H groups in total. The molecule has 0 bridgehead atoms. The van der Waals surface area contributed by atoms with Gasteiger partial charge >= 0.3 is 0 Å². The second kappa shape index (κ2) is 8.00. The Hall–Kier alpha value is -2.58. The second-order valence-electron chi connectivity index (χ2n) is 5.10. The fourth-order valence-electron chi connectivity index (χ4n) is 1.87. The van der Waals surface area contributed by atoms with E-state index in [1.165, 1.54) is 23.1 Å². The Morgan fingerprint density at radius 1 is 1.12 bits per heavy atom. The highest BCUT2D eigenvalue weighted by molar-refractivity contribution is 8.02. The molecule has 6 nitrogen and oxygen atoms in total. The summed E-state index contributed by atoms with van der Waals surface area (Å²) in [5.74, 6) is 1.17. The van der Waals surface area contributed by atoms with Gasteiger partial charge in [-0.05, 0) is 43.3 Å². The van der Waals surface area contributed by atoms with E-state index >= 15 is 0 Å². The van der Waals surface area contributed by atoms with Crippen LogP contribution in [0.5, 0.6) is 11.5 Å². The normalized spacial score (nSPS) is 11.7. The summed E-state index contributed by atoms with van der Waals surface area (Å²) in [6, 6.07) is 17.2. The minimum Gasteiger partial charge on any atom is -0.457 e. The fourth-order valence-corrected chi connectivity index (χ4v) is 3.74. The predicted octanol–water partition coefficient (Wildman–Crippen LogP) is 4.04. The van der Waals surface area contributed by atoms with E-state index in [-0.39, 0.29) is 11.2 Å². The van der Waals surface area contributed by atoms with Gasteiger partial charge in [0, 0.05) is 5.69 Å². The molecular weight excluding hydrogens is 356 g/mol. The lowest BCUT2D eigenvalue weighted by atomic mass is 10.3. The van der Waals surface area contributed by atoms with Gasteiger partial charge in [-0.2, -0.15) is 0 Å². The number of para-hydroxylation sites is 1.